The second-order valence-corrected chi connectivity index (χ2v) is 4.88. The van der Waals surface area contributed by atoms with Crippen LogP contribution in [0.2, 0.25) is 0 Å². The van der Waals surface area contributed by atoms with Crippen LogP contribution in [0.5, 0.6) is 0 Å². The third kappa shape index (κ3) is 1.84. The highest BCUT2D eigenvalue weighted by Crippen LogP contribution is 2.40. The van der Waals surface area contributed by atoms with Crippen LogP contribution in [0, 0.1) is 6.57 Å². The zero-order valence-electron chi connectivity index (χ0n) is 9.79. The van der Waals surface area contributed by atoms with Gasteiger partial charge in [-0.25, -0.2) is 6.57 Å². The summed E-state index contributed by atoms with van der Waals surface area (Å²) in [7, 11) is 0. The van der Waals surface area contributed by atoms with Crippen LogP contribution >= 0.6 is 0 Å². The Balaban J connectivity index is 1.76. The van der Waals surface area contributed by atoms with Gasteiger partial charge in [-0.15, -0.1) is 0 Å². The monoisotopic (exact) mass is 241 g/mol. The lowest BCUT2D eigenvalue weighted by Crippen LogP contribution is -2.40. The van der Waals surface area contributed by atoms with E-state index in [0.717, 1.165) is 0 Å². The molecule has 3 rings (SSSR count). The van der Waals surface area contributed by atoms with Crippen LogP contribution in [-0.2, 0) is 23.7 Å². The fourth-order valence-electron chi connectivity index (χ4n) is 2.51. The Morgan fingerprint density at radius 2 is 2.06 bits per heavy atom. The van der Waals surface area contributed by atoms with Gasteiger partial charge in [0.05, 0.1) is 6.61 Å². The first kappa shape index (κ1) is 11.4. The average Bonchev–Trinajstić information content (AvgIpc) is 2.89. The maximum atomic E-state index is 7.29. The highest BCUT2D eigenvalue weighted by molar-refractivity contribution is 5.06. The van der Waals surface area contributed by atoms with Gasteiger partial charge in [-0.2, -0.15) is 0 Å². The first-order valence-corrected chi connectivity index (χ1v) is 5.68. The normalized spacial score (nSPS) is 47.9. The molecule has 0 aromatic rings. The van der Waals surface area contributed by atoms with Crippen molar-refractivity contribution in [2.24, 2.45) is 0 Å². The van der Waals surface area contributed by atoms with Gasteiger partial charge in [0, 0.05) is 0 Å². The Bertz CT molecular complexity index is 346. The highest BCUT2D eigenvalue weighted by Gasteiger charge is 2.61. The molecule has 0 aromatic carbocycles. The molecule has 17 heavy (non-hydrogen) atoms. The SMILES string of the molecule is [C-]#[N+][C@H]1[C@H]2OC(C)(C)O[C@H]2O[C@@H]1[C@H]1COCO1. The molecule has 6 heteroatoms. The number of fused-ring (bicyclic) bond motifs is 1. The minimum atomic E-state index is -0.684. The molecule has 0 amide bonds. The maximum absolute atomic E-state index is 7.29. The quantitative estimate of drug-likeness (QED) is 0.626. The molecule has 0 aliphatic carbocycles. The molecule has 3 aliphatic rings. The van der Waals surface area contributed by atoms with E-state index in [9.17, 15) is 0 Å². The lowest BCUT2D eigenvalue weighted by Gasteiger charge is -2.22. The molecular weight excluding hydrogens is 226 g/mol. The van der Waals surface area contributed by atoms with Crippen molar-refractivity contribution in [2.75, 3.05) is 13.4 Å². The van der Waals surface area contributed by atoms with Crippen LogP contribution < -0.4 is 0 Å². The van der Waals surface area contributed by atoms with Gasteiger partial charge in [-0.3, -0.25) is 0 Å². The minimum Gasteiger partial charge on any atom is -0.353 e. The Morgan fingerprint density at radius 1 is 1.24 bits per heavy atom. The number of ether oxygens (including phenoxy) is 5. The molecule has 0 bridgehead atoms. The number of hydrogen-bond donors (Lipinski definition) is 0. The van der Waals surface area contributed by atoms with E-state index in [-0.39, 0.29) is 25.1 Å². The summed E-state index contributed by atoms with van der Waals surface area (Å²) in [6, 6.07) is -0.395. The van der Waals surface area contributed by atoms with E-state index in [1.165, 1.54) is 0 Å². The second-order valence-electron chi connectivity index (χ2n) is 4.88. The molecule has 0 spiro atoms. The van der Waals surface area contributed by atoms with Crippen molar-refractivity contribution in [1.29, 1.82) is 0 Å². The number of rotatable bonds is 1. The standard InChI is InChI=1S/C11H15NO5/c1-11(2)16-9-7(12-3)8(15-10(9)17-11)6-4-13-5-14-6/h6-10H,4-5H2,1-2H3/t6-,7-,8-,9-,10-/m1/s1. The Morgan fingerprint density at radius 3 is 2.71 bits per heavy atom. The first-order valence-electron chi connectivity index (χ1n) is 5.68. The van der Waals surface area contributed by atoms with Crippen molar-refractivity contribution in [2.45, 2.75) is 50.3 Å². The third-order valence-corrected chi connectivity index (χ3v) is 3.22. The van der Waals surface area contributed by atoms with E-state index < -0.39 is 18.1 Å². The fraction of sp³-hybridized carbons (Fsp3) is 0.909. The van der Waals surface area contributed by atoms with Gasteiger partial charge in [0.15, 0.2) is 24.3 Å². The predicted octanol–water partition coefficient (Wildman–Crippen LogP) is 0.524. The summed E-state index contributed by atoms with van der Waals surface area (Å²) in [4.78, 5) is 3.61. The van der Waals surface area contributed by atoms with Crippen molar-refractivity contribution in [1.82, 2.24) is 0 Å². The van der Waals surface area contributed by atoms with E-state index >= 15 is 0 Å². The zero-order valence-corrected chi connectivity index (χ0v) is 9.79. The average molecular weight is 241 g/mol. The van der Waals surface area contributed by atoms with Gasteiger partial charge in [-0.1, -0.05) is 0 Å². The Kier molecular flexibility index (Phi) is 2.61. The predicted molar refractivity (Wildman–Crippen MR) is 54.8 cm³/mol. The molecular formula is C11H15NO5. The van der Waals surface area contributed by atoms with E-state index in [2.05, 4.69) is 4.85 Å². The molecule has 0 unspecified atom stereocenters. The minimum absolute atomic E-state index is 0.199. The van der Waals surface area contributed by atoms with Gasteiger partial charge in [0.25, 0.3) is 6.04 Å². The number of nitrogens with zero attached hydrogens (tertiary/aromatic N) is 1. The summed E-state index contributed by atoms with van der Waals surface area (Å²) in [6.45, 7) is 11.6. The third-order valence-electron chi connectivity index (χ3n) is 3.22. The molecule has 3 heterocycles. The van der Waals surface area contributed by atoms with Crippen LogP contribution in [0.4, 0.5) is 0 Å². The molecule has 6 nitrogen and oxygen atoms in total. The van der Waals surface area contributed by atoms with Gasteiger partial charge < -0.3 is 28.5 Å². The topological polar surface area (TPSA) is 50.5 Å². The van der Waals surface area contributed by atoms with Crippen molar-refractivity contribution in [3.63, 3.8) is 0 Å². The summed E-state index contributed by atoms with van der Waals surface area (Å²) in [5.74, 6) is -0.684. The summed E-state index contributed by atoms with van der Waals surface area (Å²) in [5, 5.41) is 0. The molecule has 3 saturated heterocycles. The van der Waals surface area contributed by atoms with Crippen LogP contribution in [0.15, 0.2) is 0 Å². The van der Waals surface area contributed by atoms with Crippen molar-refractivity contribution in [3.05, 3.63) is 11.4 Å². The summed E-state index contributed by atoms with van der Waals surface area (Å²) < 4.78 is 27.6. The van der Waals surface area contributed by atoms with Crippen molar-refractivity contribution in [3.8, 4) is 0 Å². The van der Waals surface area contributed by atoms with Crippen LogP contribution in [0.1, 0.15) is 13.8 Å². The Hall–Kier alpha value is -0.710. The molecule has 0 radical (unpaired) electrons. The van der Waals surface area contributed by atoms with Crippen LogP contribution in [0.3, 0.4) is 0 Å². The lowest BCUT2D eigenvalue weighted by atomic mass is 10.0. The van der Waals surface area contributed by atoms with E-state index in [1.807, 2.05) is 13.8 Å². The van der Waals surface area contributed by atoms with Gasteiger partial charge in [-0.05, 0) is 13.8 Å². The zero-order chi connectivity index (χ0) is 12.0. The molecule has 5 atom stereocenters. The summed E-state index contributed by atoms with van der Waals surface area (Å²) >= 11 is 0. The first-order chi connectivity index (χ1) is 8.11. The molecule has 0 saturated carbocycles. The van der Waals surface area contributed by atoms with Crippen molar-refractivity contribution >= 4 is 0 Å². The van der Waals surface area contributed by atoms with Gasteiger partial charge >= 0.3 is 0 Å². The van der Waals surface area contributed by atoms with Gasteiger partial charge in [0.1, 0.15) is 12.9 Å². The summed E-state index contributed by atoms with van der Waals surface area (Å²) in [6.07, 6.45) is -1.34. The second kappa shape index (κ2) is 3.90. The van der Waals surface area contributed by atoms with Crippen LogP contribution in [-0.4, -0.2) is 49.8 Å². The largest absolute Gasteiger partial charge is 0.353 e. The number of hydrogen-bond acceptors (Lipinski definition) is 5. The van der Waals surface area contributed by atoms with E-state index in [4.69, 9.17) is 30.3 Å². The molecule has 3 fully saturated rings. The summed E-state index contributed by atoms with van der Waals surface area (Å²) in [5.41, 5.74) is 0. The fourth-order valence-corrected chi connectivity index (χ4v) is 2.51. The molecule has 0 N–H and O–H groups in total. The molecule has 3 aliphatic heterocycles. The van der Waals surface area contributed by atoms with E-state index in [1.54, 1.807) is 0 Å². The maximum Gasteiger partial charge on any atom is 0.282 e. The highest BCUT2D eigenvalue weighted by atomic mass is 16.8. The Labute approximate surface area is 99.5 Å². The van der Waals surface area contributed by atoms with Gasteiger partial charge in [0.2, 0.25) is 0 Å². The lowest BCUT2D eigenvalue weighted by molar-refractivity contribution is -0.214. The smallest absolute Gasteiger partial charge is 0.282 e. The van der Waals surface area contributed by atoms with Crippen LogP contribution in [0.25, 0.3) is 4.85 Å². The molecule has 94 valence electrons. The molecule has 0 aromatic heterocycles. The van der Waals surface area contributed by atoms with E-state index in [0.29, 0.717) is 6.61 Å². The van der Waals surface area contributed by atoms with Crippen molar-refractivity contribution < 1.29 is 23.7 Å².